The highest BCUT2D eigenvalue weighted by molar-refractivity contribution is 7.90. The van der Waals surface area contributed by atoms with E-state index in [2.05, 4.69) is 10.2 Å². The maximum Gasteiger partial charge on any atom is 0.147 e. The molecule has 2 saturated carbocycles. The van der Waals surface area contributed by atoms with E-state index in [1.807, 2.05) is 0 Å². The highest BCUT2D eigenvalue weighted by Gasteiger charge is 2.45. The number of hydrogen-bond donors (Lipinski definition) is 1. The monoisotopic (exact) mass is 300 g/mol. The molecule has 3 rings (SSSR count). The topological polar surface area (TPSA) is 49.4 Å². The van der Waals surface area contributed by atoms with Gasteiger partial charge in [-0.25, -0.2) is 8.42 Å². The molecule has 0 bridgehead atoms. The zero-order valence-corrected chi connectivity index (χ0v) is 13.4. The van der Waals surface area contributed by atoms with Gasteiger partial charge in [0.25, 0.3) is 0 Å². The predicted molar refractivity (Wildman–Crippen MR) is 81.6 cm³/mol. The molecular weight excluding hydrogens is 272 g/mol. The van der Waals surface area contributed by atoms with Crippen LogP contribution in [0.2, 0.25) is 0 Å². The number of nitrogens with zero attached hydrogens (tertiary/aromatic N) is 1. The Balaban J connectivity index is 1.60. The molecule has 0 amide bonds. The van der Waals surface area contributed by atoms with Crippen LogP contribution in [0.3, 0.4) is 0 Å². The maximum atomic E-state index is 11.3. The molecule has 0 aromatic rings. The first-order valence-electron chi connectivity index (χ1n) is 8.14. The molecule has 2 aliphatic carbocycles. The van der Waals surface area contributed by atoms with E-state index < -0.39 is 9.84 Å². The summed E-state index contributed by atoms with van der Waals surface area (Å²) >= 11 is 0. The lowest BCUT2D eigenvalue weighted by atomic mass is 9.91. The Labute approximate surface area is 123 Å². The standard InChI is InChI=1S/C15H28N2O2S/c1-20(18,19)10-4-9-17-12-15(7-2-3-8-15)16-11-14(17)13-5-6-13/h13-14,16H,2-12H2,1H3. The molecule has 0 aromatic carbocycles. The summed E-state index contributed by atoms with van der Waals surface area (Å²) in [6, 6.07) is 0.654. The lowest BCUT2D eigenvalue weighted by molar-refractivity contribution is 0.0695. The molecular formula is C15H28N2O2S. The summed E-state index contributed by atoms with van der Waals surface area (Å²) in [7, 11) is -2.82. The van der Waals surface area contributed by atoms with Gasteiger partial charge in [0, 0.05) is 30.9 Å². The van der Waals surface area contributed by atoms with Crippen LogP contribution in [0.5, 0.6) is 0 Å². The third kappa shape index (κ3) is 3.55. The molecule has 20 heavy (non-hydrogen) atoms. The molecule has 1 spiro atoms. The Morgan fingerprint density at radius 3 is 2.55 bits per heavy atom. The minimum atomic E-state index is -2.82. The molecule has 1 heterocycles. The molecule has 1 atom stereocenters. The van der Waals surface area contributed by atoms with Crippen molar-refractivity contribution in [3.05, 3.63) is 0 Å². The molecule has 116 valence electrons. The summed E-state index contributed by atoms with van der Waals surface area (Å²) in [5.41, 5.74) is 0.344. The Hall–Kier alpha value is -0.130. The van der Waals surface area contributed by atoms with Gasteiger partial charge in [-0.2, -0.15) is 0 Å². The number of hydrogen-bond acceptors (Lipinski definition) is 4. The van der Waals surface area contributed by atoms with Gasteiger partial charge in [-0.05, 0) is 44.6 Å². The van der Waals surface area contributed by atoms with E-state index in [9.17, 15) is 8.42 Å². The molecule has 0 radical (unpaired) electrons. The molecule has 1 aliphatic heterocycles. The van der Waals surface area contributed by atoms with Crippen LogP contribution in [0.25, 0.3) is 0 Å². The van der Waals surface area contributed by atoms with Crippen molar-refractivity contribution >= 4 is 9.84 Å². The Kier molecular flexibility index (Phi) is 4.13. The maximum absolute atomic E-state index is 11.3. The lowest BCUT2D eigenvalue weighted by Crippen LogP contribution is -2.63. The molecule has 1 unspecified atom stereocenters. The van der Waals surface area contributed by atoms with E-state index in [1.165, 1.54) is 44.8 Å². The van der Waals surface area contributed by atoms with Crippen LogP contribution in [-0.4, -0.2) is 56.5 Å². The van der Waals surface area contributed by atoms with E-state index in [1.54, 1.807) is 0 Å². The van der Waals surface area contributed by atoms with Crippen molar-refractivity contribution in [3.8, 4) is 0 Å². The molecule has 1 saturated heterocycles. The van der Waals surface area contributed by atoms with Crippen molar-refractivity contribution < 1.29 is 8.42 Å². The van der Waals surface area contributed by atoms with Crippen molar-refractivity contribution in [1.82, 2.24) is 10.2 Å². The van der Waals surface area contributed by atoms with Crippen molar-refractivity contribution in [3.63, 3.8) is 0 Å². The number of sulfone groups is 1. The second-order valence-corrected chi connectivity index (χ2v) is 9.49. The third-order valence-electron chi connectivity index (χ3n) is 5.35. The van der Waals surface area contributed by atoms with Gasteiger partial charge in [-0.3, -0.25) is 4.90 Å². The fraction of sp³-hybridized carbons (Fsp3) is 1.00. The first-order valence-corrected chi connectivity index (χ1v) is 10.2. The highest BCUT2D eigenvalue weighted by atomic mass is 32.2. The Bertz CT molecular complexity index is 439. The van der Waals surface area contributed by atoms with Gasteiger partial charge >= 0.3 is 0 Å². The van der Waals surface area contributed by atoms with Crippen LogP contribution in [-0.2, 0) is 9.84 Å². The molecule has 4 nitrogen and oxygen atoms in total. The fourth-order valence-electron chi connectivity index (χ4n) is 4.12. The second-order valence-electron chi connectivity index (χ2n) is 7.23. The average molecular weight is 300 g/mol. The normalized spacial score (nSPS) is 30.9. The van der Waals surface area contributed by atoms with Crippen LogP contribution < -0.4 is 5.32 Å². The van der Waals surface area contributed by atoms with Crippen molar-refractivity contribution in [2.75, 3.05) is 31.6 Å². The summed E-state index contributed by atoms with van der Waals surface area (Å²) in [5, 5.41) is 3.84. The third-order valence-corrected chi connectivity index (χ3v) is 6.38. The second kappa shape index (κ2) is 5.58. The quantitative estimate of drug-likeness (QED) is 0.834. The van der Waals surface area contributed by atoms with E-state index in [4.69, 9.17) is 0 Å². The first kappa shape index (κ1) is 14.8. The van der Waals surface area contributed by atoms with Crippen LogP contribution >= 0.6 is 0 Å². The summed E-state index contributed by atoms with van der Waals surface area (Å²) < 4.78 is 22.6. The zero-order valence-electron chi connectivity index (χ0n) is 12.6. The van der Waals surface area contributed by atoms with Gasteiger partial charge in [0.2, 0.25) is 0 Å². The summed E-state index contributed by atoms with van der Waals surface area (Å²) in [6.07, 6.45) is 10.2. The Morgan fingerprint density at radius 1 is 1.25 bits per heavy atom. The number of nitrogens with one attached hydrogen (secondary N) is 1. The van der Waals surface area contributed by atoms with Crippen LogP contribution in [0.4, 0.5) is 0 Å². The van der Waals surface area contributed by atoms with Crippen LogP contribution in [0.1, 0.15) is 44.9 Å². The molecule has 3 fully saturated rings. The molecule has 1 N–H and O–H groups in total. The van der Waals surface area contributed by atoms with E-state index in [-0.39, 0.29) is 0 Å². The smallest absolute Gasteiger partial charge is 0.147 e. The molecule has 5 heteroatoms. The van der Waals surface area contributed by atoms with E-state index in [0.29, 0.717) is 17.3 Å². The van der Waals surface area contributed by atoms with Crippen LogP contribution in [0.15, 0.2) is 0 Å². The van der Waals surface area contributed by atoms with E-state index in [0.717, 1.165) is 32.0 Å². The van der Waals surface area contributed by atoms with Gasteiger partial charge in [0.05, 0.1) is 5.75 Å². The molecule has 3 aliphatic rings. The first-order chi connectivity index (χ1) is 9.48. The van der Waals surface area contributed by atoms with Crippen molar-refractivity contribution in [1.29, 1.82) is 0 Å². The summed E-state index contributed by atoms with van der Waals surface area (Å²) in [5.74, 6) is 1.20. The summed E-state index contributed by atoms with van der Waals surface area (Å²) in [6.45, 7) is 3.21. The van der Waals surface area contributed by atoms with Gasteiger partial charge in [-0.1, -0.05) is 12.8 Å². The highest BCUT2D eigenvalue weighted by Crippen LogP contribution is 2.40. The van der Waals surface area contributed by atoms with Crippen LogP contribution in [0, 0.1) is 5.92 Å². The van der Waals surface area contributed by atoms with Gasteiger partial charge < -0.3 is 5.32 Å². The van der Waals surface area contributed by atoms with Gasteiger partial charge in [-0.15, -0.1) is 0 Å². The lowest BCUT2D eigenvalue weighted by Gasteiger charge is -2.47. The Morgan fingerprint density at radius 2 is 1.95 bits per heavy atom. The number of piperazine rings is 1. The van der Waals surface area contributed by atoms with Gasteiger partial charge in [0.1, 0.15) is 9.84 Å². The number of rotatable bonds is 5. The SMILES string of the molecule is CS(=O)(=O)CCCN1CC2(CCCC2)NCC1C1CC1. The zero-order chi connectivity index (χ0) is 14.2. The minimum Gasteiger partial charge on any atom is -0.308 e. The fourth-order valence-corrected chi connectivity index (χ4v) is 4.77. The predicted octanol–water partition coefficient (Wildman–Crippen LogP) is 1.42. The van der Waals surface area contributed by atoms with Crippen molar-refractivity contribution in [2.24, 2.45) is 5.92 Å². The van der Waals surface area contributed by atoms with Gasteiger partial charge in [0.15, 0.2) is 0 Å². The average Bonchev–Trinajstić information content (AvgIpc) is 3.10. The largest absolute Gasteiger partial charge is 0.308 e. The minimum absolute atomic E-state index is 0.335. The molecule has 0 aromatic heterocycles. The van der Waals surface area contributed by atoms with Crippen molar-refractivity contribution in [2.45, 2.75) is 56.5 Å². The summed E-state index contributed by atoms with van der Waals surface area (Å²) in [4.78, 5) is 2.62. The van der Waals surface area contributed by atoms with E-state index >= 15 is 0 Å².